The van der Waals surface area contributed by atoms with Gasteiger partial charge in [-0.3, -0.25) is 9.59 Å². The highest BCUT2D eigenvalue weighted by molar-refractivity contribution is 6.26. The van der Waals surface area contributed by atoms with E-state index in [-0.39, 0.29) is 24.1 Å². The molecule has 8 heteroatoms. The summed E-state index contributed by atoms with van der Waals surface area (Å²) in [4.78, 5) is 38.4. The van der Waals surface area contributed by atoms with Crippen LogP contribution in [0.1, 0.15) is 40.0 Å². The van der Waals surface area contributed by atoms with Crippen LogP contribution < -0.4 is 0 Å². The van der Waals surface area contributed by atoms with E-state index in [0.29, 0.717) is 30.4 Å². The lowest BCUT2D eigenvalue weighted by atomic mass is 9.96. The van der Waals surface area contributed by atoms with Crippen molar-refractivity contribution in [3.05, 3.63) is 57.9 Å². The molecule has 0 saturated heterocycles. The number of benzene rings is 1. The van der Waals surface area contributed by atoms with E-state index >= 15 is 0 Å². The van der Waals surface area contributed by atoms with Crippen LogP contribution in [0.2, 0.25) is 0 Å². The SMILES string of the molecule is O=C1c2ccccc2C(=O)C1CCC[C@@H](O)Cn1ccnc1[N+](=O)[O-]. The van der Waals surface area contributed by atoms with Crippen LogP contribution in [0.3, 0.4) is 0 Å². The number of carbonyl (C=O) groups is 2. The quantitative estimate of drug-likeness (QED) is 0.467. The second kappa shape index (κ2) is 6.94. The van der Waals surface area contributed by atoms with Crippen LogP contribution in [0.5, 0.6) is 0 Å². The molecule has 1 aliphatic carbocycles. The third-order valence-electron chi connectivity index (χ3n) is 4.39. The minimum absolute atomic E-state index is 0.0447. The zero-order chi connectivity index (χ0) is 18.0. The first-order chi connectivity index (χ1) is 12.0. The Morgan fingerprint density at radius 2 is 1.88 bits per heavy atom. The fraction of sp³-hybridized carbons (Fsp3) is 0.353. The largest absolute Gasteiger partial charge is 0.434 e. The molecular formula is C17H17N3O5. The average Bonchev–Trinajstić information content (AvgIpc) is 3.14. The fourth-order valence-corrected chi connectivity index (χ4v) is 3.16. The molecule has 0 amide bonds. The maximum absolute atomic E-state index is 12.3. The van der Waals surface area contributed by atoms with E-state index < -0.39 is 16.9 Å². The van der Waals surface area contributed by atoms with Gasteiger partial charge in [-0.25, -0.2) is 4.57 Å². The van der Waals surface area contributed by atoms with Crippen LogP contribution >= 0.6 is 0 Å². The van der Waals surface area contributed by atoms with Crippen LogP contribution in [0.4, 0.5) is 5.95 Å². The Labute approximate surface area is 143 Å². The molecule has 1 aliphatic rings. The van der Waals surface area contributed by atoms with Crippen LogP contribution in [0.25, 0.3) is 0 Å². The van der Waals surface area contributed by atoms with Gasteiger partial charge in [0, 0.05) is 11.1 Å². The summed E-state index contributed by atoms with van der Waals surface area (Å²) < 4.78 is 1.27. The molecule has 0 bridgehead atoms. The van der Waals surface area contributed by atoms with Crippen LogP contribution in [-0.4, -0.2) is 37.3 Å². The lowest BCUT2D eigenvalue weighted by Gasteiger charge is -2.11. The van der Waals surface area contributed by atoms with E-state index in [1.165, 1.54) is 17.0 Å². The molecule has 2 aromatic rings. The topological polar surface area (TPSA) is 115 Å². The molecule has 130 valence electrons. The molecule has 0 unspecified atom stereocenters. The molecule has 1 aromatic carbocycles. The number of fused-ring (bicyclic) bond motifs is 1. The molecule has 0 fully saturated rings. The first kappa shape index (κ1) is 17.0. The zero-order valence-electron chi connectivity index (χ0n) is 13.4. The van der Waals surface area contributed by atoms with Crippen molar-refractivity contribution in [3.63, 3.8) is 0 Å². The van der Waals surface area contributed by atoms with Crippen LogP contribution in [0.15, 0.2) is 36.7 Å². The second-order valence-electron chi connectivity index (χ2n) is 6.05. The van der Waals surface area contributed by atoms with E-state index in [4.69, 9.17) is 0 Å². The molecule has 1 N–H and O–H groups in total. The number of hydrogen-bond donors (Lipinski definition) is 1. The maximum Gasteiger partial charge on any atom is 0.434 e. The number of aliphatic hydroxyl groups excluding tert-OH is 1. The Kier molecular flexibility index (Phi) is 4.71. The fourth-order valence-electron chi connectivity index (χ4n) is 3.16. The summed E-state index contributed by atoms with van der Waals surface area (Å²) >= 11 is 0. The van der Waals surface area contributed by atoms with Crippen molar-refractivity contribution in [2.75, 3.05) is 0 Å². The maximum atomic E-state index is 12.3. The number of hydrogen-bond acceptors (Lipinski definition) is 6. The van der Waals surface area contributed by atoms with Gasteiger partial charge in [0.05, 0.1) is 18.6 Å². The first-order valence-corrected chi connectivity index (χ1v) is 8.00. The predicted octanol–water partition coefficient (Wildman–Crippen LogP) is 2.02. The zero-order valence-corrected chi connectivity index (χ0v) is 13.4. The highest BCUT2D eigenvalue weighted by Crippen LogP contribution is 2.30. The summed E-state index contributed by atoms with van der Waals surface area (Å²) in [6.07, 6.45) is 3.08. The van der Waals surface area contributed by atoms with Crippen molar-refractivity contribution in [2.24, 2.45) is 5.92 Å². The van der Waals surface area contributed by atoms with Gasteiger partial charge in [-0.2, -0.15) is 0 Å². The lowest BCUT2D eigenvalue weighted by Crippen LogP contribution is -2.19. The van der Waals surface area contributed by atoms with Gasteiger partial charge in [-0.1, -0.05) is 29.2 Å². The molecule has 0 radical (unpaired) electrons. The first-order valence-electron chi connectivity index (χ1n) is 8.00. The number of nitrogens with zero attached hydrogens (tertiary/aromatic N) is 3. The van der Waals surface area contributed by atoms with E-state index in [1.54, 1.807) is 24.3 Å². The van der Waals surface area contributed by atoms with Crippen molar-refractivity contribution < 1.29 is 19.6 Å². The highest BCUT2D eigenvalue weighted by atomic mass is 16.6. The molecule has 1 aromatic heterocycles. The molecule has 3 rings (SSSR count). The number of carbonyl (C=O) groups excluding carboxylic acids is 2. The standard InChI is InChI=1S/C17H17N3O5/c21-11(10-19-9-8-18-17(19)20(24)25)4-3-7-14-15(22)12-5-1-2-6-13(12)16(14)23/h1-2,5-6,8-9,11,14,21H,3-4,7,10H2/t11-/m1/s1. The van der Waals surface area contributed by atoms with Gasteiger partial charge >= 0.3 is 5.95 Å². The third-order valence-corrected chi connectivity index (χ3v) is 4.39. The number of ketones is 2. The summed E-state index contributed by atoms with van der Waals surface area (Å²) in [5.74, 6) is -1.34. The Hall–Kier alpha value is -2.87. The van der Waals surface area contributed by atoms with Gasteiger partial charge in [-0.05, 0) is 24.2 Å². The summed E-state index contributed by atoms with van der Waals surface area (Å²) in [7, 11) is 0. The minimum Gasteiger partial charge on any atom is -0.390 e. The van der Waals surface area contributed by atoms with Gasteiger partial charge in [-0.15, -0.1) is 0 Å². The van der Waals surface area contributed by atoms with Crippen molar-refractivity contribution in [1.82, 2.24) is 9.55 Å². The smallest absolute Gasteiger partial charge is 0.390 e. The summed E-state index contributed by atoms with van der Waals surface area (Å²) in [6.45, 7) is 0.0447. The molecule has 1 atom stereocenters. The Morgan fingerprint density at radius 1 is 1.24 bits per heavy atom. The molecule has 1 heterocycles. The average molecular weight is 343 g/mol. The van der Waals surface area contributed by atoms with E-state index in [2.05, 4.69) is 4.98 Å². The number of aromatic nitrogens is 2. The van der Waals surface area contributed by atoms with Crippen LogP contribution in [0, 0.1) is 16.0 Å². The minimum atomic E-state index is -0.818. The van der Waals surface area contributed by atoms with Crippen molar-refractivity contribution in [1.29, 1.82) is 0 Å². The molecule has 0 saturated carbocycles. The molecular weight excluding hydrogens is 326 g/mol. The van der Waals surface area contributed by atoms with E-state index in [1.807, 2.05) is 0 Å². The van der Waals surface area contributed by atoms with Gasteiger partial charge in [0.15, 0.2) is 11.6 Å². The Balaban J connectivity index is 1.53. The van der Waals surface area contributed by atoms with Crippen LogP contribution in [-0.2, 0) is 6.54 Å². The highest BCUT2D eigenvalue weighted by Gasteiger charge is 2.37. The van der Waals surface area contributed by atoms with Gasteiger partial charge in [0.2, 0.25) is 0 Å². The molecule has 25 heavy (non-hydrogen) atoms. The van der Waals surface area contributed by atoms with Crippen molar-refractivity contribution >= 4 is 17.5 Å². The van der Waals surface area contributed by atoms with Gasteiger partial charge < -0.3 is 15.2 Å². The van der Waals surface area contributed by atoms with Crippen molar-refractivity contribution in [3.8, 4) is 0 Å². The summed E-state index contributed by atoms with van der Waals surface area (Å²) in [5, 5.41) is 20.9. The summed E-state index contributed by atoms with van der Waals surface area (Å²) in [5.41, 5.74) is 0.930. The van der Waals surface area contributed by atoms with E-state index in [0.717, 1.165) is 0 Å². The Morgan fingerprint density at radius 3 is 2.48 bits per heavy atom. The lowest BCUT2D eigenvalue weighted by molar-refractivity contribution is -0.397. The monoisotopic (exact) mass is 343 g/mol. The number of imidazole rings is 1. The molecule has 0 spiro atoms. The number of nitro groups is 1. The number of Topliss-reactive ketones (excluding diaryl/α,β-unsaturated/α-hetero) is 2. The molecule has 0 aliphatic heterocycles. The van der Waals surface area contributed by atoms with E-state index in [9.17, 15) is 24.8 Å². The third kappa shape index (κ3) is 3.34. The molecule has 8 nitrogen and oxygen atoms in total. The van der Waals surface area contributed by atoms with Gasteiger partial charge in [0.1, 0.15) is 12.4 Å². The normalized spacial score (nSPS) is 15.4. The number of aliphatic hydroxyl groups is 1. The van der Waals surface area contributed by atoms with Gasteiger partial charge in [0.25, 0.3) is 0 Å². The van der Waals surface area contributed by atoms with Crippen molar-refractivity contribution in [2.45, 2.75) is 31.9 Å². The predicted molar refractivity (Wildman–Crippen MR) is 87.3 cm³/mol. The number of rotatable bonds is 7. The second-order valence-corrected chi connectivity index (χ2v) is 6.05. The Bertz CT molecular complexity index is 794. The summed E-state index contributed by atoms with van der Waals surface area (Å²) in [6, 6.07) is 6.77.